The van der Waals surface area contributed by atoms with Gasteiger partial charge in [0.25, 0.3) is 0 Å². The average Bonchev–Trinajstić information content (AvgIpc) is 3.20. The Hall–Kier alpha value is -2.82. The summed E-state index contributed by atoms with van der Waals surface area (Å²) in [7, 11) is -3.62. The molecule has 0 bridgehead atoms. The molecule has 1 N–H and O–H groups in total. The molecule has 1 aliphatic heterocycles. The van der Waals surface area contributed by atoms with Crippen molar-refractivity contribution >= 4 is 27.0 Å². The Balaban J connectivity index is 1.48. The van der Waals surface area contributed by atoms with Gasteiger partial charge in [-0.3, -0.25) is 4.79 Å². The predicted molar refractivity (Wildman–Crippen MR) is 126 cm³/mol. The van der Waals surface area contributed by atoms with Crippen molar-refractivity contribution in [3.63, 3.8) is 0 Å². The molecule has 1 amide bonds. The van der Waals surface area contributed by atoms with E-state index in [4.69, 9.17) is 4.74 Å². The summed E-state index contributed by atoms with van der Waals surface area (Å²) in [5.74, 6) is 0.270. The van der Waals surface area contributed by atoms with Crippen LogP contribution in [0.15, 0.2) is 47.4 Å². The minimum atomic E-state index is -3.62. The molecule has 8 nitrogen and oxygen atoms in total. The second kappa shape index (κ2) is 10.2. The number of sulfonamides is 1. The fourth-order valence-corrected chi connectivity index (χ4v) is 5.60. The van der Waals surface area contributed by atoms with Gasteiger partial charge in [0.15, 0.2) is 0 Å². The van der Waals surface area contributed by atoms with E-state index in [1.54, 1.807) is 30.3 Å². The lowest BCUT2D eigenvalue weighted by Gasteiger charge is -2.26. The van der Waals surface area contributed by atoms with E-state index in [0.29, 0.717) is 44.8 Å². The molecule has 10 heteroatoms. The minimum Gasteiger partial charge on any atom is -0.379 e. The number of amides is 1. The Bertz CT molecular complexity index is 1270. The van der Waals surface area contributed by atoms with Crippen LogP contribution in [0, 0.1) is 5.82 Å². The van der Waals surface area contributed by atoms with Crippen LogP contribution in [-0.4, -0.2) is 54.5 Å². The molecule has 1 atom stereocenters. The van der Waals surface area contributed by atoms with Gasteiger partial charge < -0.3 is 14.6 Å². The van der Waals surface area contributed by atoms with Crippen molar-refractivity contribution in [2.75, 3.05) is 26.3 Å². The molecule has 1 aromatic heterocycles. The smallest absolute Gasteiger partial charge is 0.243 e. The Morgan fingerprint density at radius 2 is 1.88 bits per heavy atom. The van der Waals surface area contributed by atoms with Gasteiger partial charge in [0, 0.05) is 32.5 Å². The fourth-order valence-electron chi connectivity index (χ4n) is 4.17. The largest absolute Gasteiger partial charge is 0.379 e. The third-order valence-corrected chi connectivity index (χ3v) is 7.94. The van der Waals surface area contributed by atoms with Gasteiger partial charge in [-0.1, -0.05) is 12.1 Å². The highest BCUT2D eigenvalue weighted by atomic mass is 32.2. The van der Waals surface area contributed by atoms with Crippen LogP contribution in [0.2, 0.25) is 0 Å². The van der Waals surface area contributed by atoms with Gasteiger partial charge in [-0.2, -0.15) is 4.31 Å². The number of hydrogen-bond donors (Lipinski definition) is 1. The van der Waals surface area contributed by atoms with E-state index in [9.17, 15) is 17.6 Å². The summed E-state index contributed by atoms with van der Waals surface area (Å²) in [4.78, 5) is 17.4. The van der Waals surface area contributed by atoms with E-state index in [0.717, 1.165) is 16.9 Å². The lowest BCUT2D eigenvalue weighted by Crippen LogP contribution is -2.40. The van der Waals surface area contributed by atoms with E-state index >= 15 is 0 Å². The number of nitrogens with one attached hydrogen (secondary N) is 1. The molecule has 1 saturated heterocycles. The molecule has 1 unspecified atom stereocenters. The highest BCUT2D eigenvalue weighted by Gasteiger charge is 2.27. The second-order valence-corrected chi connectivity index (χ2v) is 10.2. The van der Waals surface area contributed by atoms with Crippen LogP contribution in [0.1, 0.15) is 37.7 Å². The van der Waals surface area contributed by atoms with Crippen molar-refractivity contribution in [3.05, 3.63) is 59.7 Å². The molecule has 182 valence electrons. The van der Waals surface area contributed by atoms with Crippen molar-refractivity contribution in [1.29, 1.82) is 0 Å². The number of halogens is 1. The number of carbonyl (C=O) groups excluding carboxylic acids is 1. The van der Waals surface area contributed by atoms with Crippen LogP contribution in [0.4, 0.5) is 4.39 Å². The van der Waals surface area contributed by atoms with Gasteiger partial charge >= 0.3 is 0 Å². The summed E-state index contributed by atoms with van der Waals surface area (Å²) in [6, 6.07) is 10.8. The van der Waals surface area contributed by atoms with Crippen molar-refractivity contribution in [1.82, 2.24) is 19.2 Å². The summed E-state index contributed by atoms with van der Waals surface area (Å²) in [6.07, 6.45) is 0.643. The topological polar surface area (TPSA) is 93.5 Å². The standard InChI is InChI=1S/C24H29FN4O4S/c1-3-29-22-9-8-20(34(31,32)28-12-14-33-15-13-28)16-21(22)27-23(29)10-11-24(30)26-17(2)18-4-6-19(25)7-5-18/h4-9,16-17H,3,10-15H2,1-2H3,(H,26,30). The third-order valence-electron chi connectivity index (χ3n) is 6.05. The van der Waals surface area contributed by atoms with Gasteiger partial charge in [0.2, 0.25) is 15.9 Å². The number of nitrogens with zero attached hydrogens (tertiary/aromatic N) is 3. The van der Waals surface area contributed by atoms with E-state index in [-0.39, 0.29) is 29.1 Å². The first-order valence-electron chi connectivity index (χ1n) is 11.4. The zero-order chi connectivity index (χ0) is 24.3. The first kappa shape index (κ1) is 24.3. The van der Waals surface area contributed by atoms with Gasteiger partial charge in [0.05, 0.1) is 35.2 Å². The first-order valence-corrected chi connectivity index (χ1v) is 12.9. The molecule has 3 aromatic rings. The first-order chi connectivity index (χ1) is 16.3. The van der Waals surface area contributed by atoms with Gasteiger partial charge in [-0.15, -0.1) is 0 Å². The van der Waals surface area contributed by atoms with Crippen LogP contribution in [0.25, 0.3) is 11.0 Å². The third kappa shape index (κ3) is 5.13. The van der Waals surface area contributed by atoms with Crippen LogP contribution in [-0.2, 0) is 32.5 Å². The highest BCUT2D eigenvalue weighted by Crippen LogP contribution is 2.24. The summed E-state index contributed by atoms with van der Waals surface area (Å²) in [5, 5.41) is 2.93. The fraction of sp³-hybridized carbons (Fsp3) is 0.417. The number of aromatic nitrogens is 2. The van der Waals surface area contributed by atoms with Crippen molar-refractivity contribution in [3.8, 4) is 0 Å². The Morgan fingerprint density at radius 1 is 1.18 bits per heavy atom. The zero-order valence-electron chi connectivity index (χ0n) is 19.3. The van der Waals surface area contributed by atoms with Crippen LogP contribution in [0.5, 0.6) is 0 Å². The normalized spacial score (nSPS) is 16.0. The molecule has 0 spiro atoms. The molecule has 0 radical (unpaired) electrons. The number of hydrogen-bond acceptors (Lipinski definition) is 5. The molecule has 0 aliphatic carbocycles. The molecule has 2 heterocycles. The number of benzene rings is 2. The van der Waals surface area contributed by atoms with E-state index in [1.165, 1.54) is 16.4 Å². The number of imidazole rings is 1. The van der Waals surface area contributed by atoms with Crippen LogP contribution in [0.3, 0.4) is 0 Å². The SMILES string of the molecule is CCn1c(CCC(=O)NC(C)c2ccc(F)cc2)nc2cc(S(=O)(=O)N3CCOCC3)ccc21. The minimum absolute atomic E-state index is 0.137. The lowest BCUT2D eigenvalue weighted by molar-refractivity contribution is -0.121. The monoisotopic (exact) mass is 488 g/mol. The Morgan fingerprint density at radius 3 is 2.56 bits per heavy atom. The Kier molecular flexibility index (Phi) is 7.30. The van der Waals surface area contributed by atoms with Crippen molar-refractivity contribution in [2.45, 2.75) is 44.2 Å². The Labute approximate surface area is 198 Å². The highest BCUT2D eigenvalue weighted by molar-refractivity contribution is 7.89. The predicted octanol–water partition coefficient (Wildman–Crippen LogP) is 3.03. The lowest BCUT2D eigenvalue weighted by atomic mass is 10.1. The molecule has 0 saturated carbocycles. The van der Waals surface area contributed by atoms with Crippen LogP contribution >= 0.6 is 0 Å². The summed E-state index contributed by atoms with van der Waals surface area (Å²) >= 11 is 0. The molecule has 2 aromatic carbocycles. The van der Waals surface area contributed by atoms with E-state index in [2.05, 4.69) is 10.3 Å². The van der Waals surface area contributed by atoms with Gasteiger partial charge in [-0.05, 0) is 49.7 Å². The number of aryl methyl sites for hydroxylation is 2. The summed E-state index contributed by atoms with van der Waals surface area (Å²) in [5.41, 5.74) is 2.24. The number of carbonyl (C=O) groups is 1. The molecule has 1 aliphatic rings. The maximum atomic E-state index is 13.1. The number of rotatable bonds is 8. The average molecular weight is 489 g/mol. The van der Waals surface area contributed by atoms with Crippen molar-refractivity contribution < 1.29 is 22.3 Å². The quantitative estimate of drug-likeness (QED) is 0.526. The van der Waals surface area contributed by atoms with Gasteiger partial charge in [-0.25, -0.2) is 17.8 Å². The van der Waals surface area contributed by atoms with E-state index < -0.39 is 10.0 Å². The maximum absolute atomic E-state index is 13.1. The zero-order valence-corrected chi connectivity index (χ0v) is 20.1. The van der Waals surface area contributed by atoms with Crippen molar-refractivity contribution in [2.24, 2.45) is 0 Å². The number of morpholine rings is 1. The second-order valence-electron chi connectivity index (χ2n) is 8.28. The summed E-state index contributed by atoms with van der Waals surface area (Å²) < 4.78 is 47.8. The molecule has 34 heavy (non-hydrogen) atoms. The molecular weight excluding hydrogens is 459 g/mol. The van der Waals surface area contributed by atoms with Crippen LogP contribution < -0.4 is 5.32 Å². The molecular formula is C24H29FN4O4S. The molecule has 4 rings (SSSR count). The number of ether oxygens (including phenoxy) is 1. The maximum Gasteiger partial charge on any atom is 0.243 e. The summed E-state index contributed by atoms with van der Waals surface area (Å²) in [6.45, 7) is 5.92. The number of fused-ring (bicyclic) bond motifs is 1. The van der Waals surface area contributed by atoms with E-state index in [1.807, 2.05) is 18.4 Å². The van der Waals surface area contributed by atoms with Gasteiger partial charge in [0.1, 0.15) is 11.6 Å². The molecule has 1 fully saturated rings.